The average molecular weight is 316 g/mol. The molecule has 0 amide bonds. The molecule has 4 nitrogen and oxygen atoms in total. The van der Waals surface area contributed by atoms with Gasteiger partial charge in [-0.1, -0.05) is 0 Å². The van der Waals surface area contributed by atoms with Crippen LogP contribution in [0.4, 0.5) is 5.69 Å². The summed E-state index contributed by atoms with van der Waals surface area (Å²) in [6.45, 7) is 0. The number of rotatable bonds is 1. The summed E-state index contributed by atoms with van der Waals surface area (Å²) in [6.07, 6.45) is 1.91. The van der Waals surface area contributed by atoms with Gasteiger partial charge < -0.3 is 24.0 Å². The maximum atomic E-state index is 10.5. The SMILES string of the molecule is C[n+]1cccc2cc([N+](=O)[O-])ccc21.[I-]. The number of non-ortho nitro benzene ring substituents is 1. The Hall–Kier alpha value is -1.24. The summed E-state index contributed by atoms with van der Waals surface area (Å²) in [5.41, 5.74) is 1.11. The normalized spacial score (nSPS) is 9.67. The van der Waals surface area contributed by atoms with Crippen LogP contribution in [0.3, 0.4) is 0 Å². The van der Waals surface area contributed by atoms with E-state index in [1.54, 1.807) is 12.1 Å². The van der Waals surface area contributed by atoms with E-state index in [1.165, 1.54) is 6.07 Å². The van der Waals surface area contributed by atoms with Crippen molar-refractivity contribution in [3.8, 4) is 0 Å². The molecular weight excluding hydrogens is 307 g/mol. The highest BCUT2D eigenvalue weighted by molar-refractivity contribution is 5.78. The number of halogens is 1. The predicted octanol–water partition coefficient (Wildman–Crippen LogP) is -1.42. The summed E-state index contributed by atoms with van der Waals surface area (Å²) in [4.78, 5) is 10.1. The molecule has 0 saturated carbocycles. The second-order valence-corrected chi connectivity index (χ2v) is 3.12. The molecule has 0 unspecified atom stereocenters. The van der Waals surface area contributed by atoms with Gasteiger partial charge in [-0.2, -0.15) is 0 Å². The third-order valence-electron chi connectivity index (χ3n) is 2.19. The molecule has 0 spiro atoms. The first-order valence-corrected chi connectivity index (χ1v) is 4.21. The highest BCUT2D eigenvalue weighted by Crippen LogP contribution is 2.17. The molecule has 1 aromatic carbocycles. The highest BCUT2D eigenvalue weighted by Gasteiger charge is 2.09. The molecular formula is C10H9IN2O2. The molecule has 1 aromatic heterocycles. The van der Waals surface area contributed by atoms with Crippen molar-refractivity contribution in [1.82, 2.24) is 0 Å². The summed E-state index contributed by atoms with van der Waals surface area (Å²) >= 11 is 0. The number of benzene rings is 1. The number of nitrogens with zero attached hydrogens (tertiary/aromatic N) is 2. The summed E-state index contributed by atoms with van der Waals surface area (Å²) in [5, 5.41) is 11.4. The summed E-state index contributed by atoms with van der Waals surface area (Å²) in [7, 11) is 1.91. The van der Waals surface area contributed by atoms with Crippen LogP contribution in [-0.4, -0.2) is 4.92 Å². The molecule has 0 atom stereocenters. The molecule has 15 heavy (non-hydrogen) atoms. The lowest BCUT2D eigenvalue weighted by atomic mass is 10.2. The Labute approximate surface area is 104 Å². The van der Waals surface area contributed by atoms with Crippen LogP contribution in [0.15, 0.2) is 36.5 Å². The van der Waals surface area contributed by atoms with Crippen LogP contribution < -0.4 is 28.5 Å². The maximum Gasteiger partial charge on any atom is 0.270 e. The van der Waals surface area contributed by atoms with Gasteiger partial charge in [0.05, 0.1) is 10.3 Å². The number of aryl methyl sites for hydroxylation is 1. The second-order valence-electron chi connectivity index (χ2n) is 3.12. The Bertz CT molecular complexity index is 514. The van der Waals surface area contributed by atoms with E-state index in [0.29, 0.717) is 0 Å². The van der Waals surface area contributed by atoms with Gasteiger partial charge in [0.2, 0.25) is 5.52 Å². The van der Waals surface area contributed by atoms with Crippen molar-refractivity contribution in [2.24, 2.45) is 7.05 Å². The summed E-state index contributed by atoms with van der Waals surface area (Å²) < 4.78 is 1.93. The van der Waals surface area contributed by atoms with Crippen molar-refractivity contribution in [2.75, 3.05) is 0 Å². The molecule has 0 aliphatic rings. The minimum atomic E-state index is -0.382. The third-order valence-corrected chi connectivity index (χ3v) is 2.19. The number of hydrogen-bond acceptors (Lipinski definition) is 2. The number of nitro benzene ring substituents is 1. The van der Waals surface area contributed by atoms with E-state index in [0.717, 1.165) is 10.9 Å². The van der Waals surface area contributed by atoms with E-state index in [4.69, 9.17) is 0 Å². The van der Waals surface area contributed by atoms with E-state index < -0.39 is 0 Å². The van der Waals surface area contributed by atoms with Gasteiger partial charge in [0.25, 0.3) is 5.69 Å². The highest BCUT2D eigenvalue weighted by atomic mass is 127. The monoisotopic (exact) mass is 316 g/mol. The van der Waals surface area contributed by atoms with Gasteiger partial charge in [-0.3, -0.25) is 10.1 Å². The molecule has 5 heteroatoms. The standard InChI is InChI=1S/C10H9N2O2.HI/c1-11-6-2-3-8-7-9(12(13)14)4-5-10(8)11;/h2-7H,1H3;1H/q+1;/p-1. The Morgan fingerprint density at radius 2 is 2.07 bits per heavy atom. The van der Waals surface area contributed by atoms with Crippen LogP contribution in [-0.2, 0) is 7.05 Å². The van der Waals surface area contributed by atoms with Crippen LogP contribution in [0.1, 0.15) is 0 Å². The van der Waals surface area contributed by atoms with E-state index in [-0.39, 0.29) is 34.6 Å². The van der Waals surface area contributed by atoms with Gasteiger partial charge in [0.1, 0.15) is 7.05 Å². The molecule has 2 rings (SSSR count). The van der Waals surface area contributed by atoms with Gasteiger partial charge in [-0.05, 0) is 6.07 Å². The van der Waals surface area contributed by atoms with Gasteiger partial charge in [0.15, 0.2) is 6.20 Å². The van der Waals surface area contributed by atoms with Crippen molar-refractivity contribution >= 4 is 16.6 Å². The van der Waals surface area contributed by atoms with Crippen LogP contribution >= 0.6 is 0 Å². The first kappa shape index (κ1) is 11.8. The van der Waals surface area contributed by atoms with Gasteiger partial charge in [0, 0.05) is 24.3 Å². The number of aromatic nitrogens is 1. The van der Waals surface area contributed by atoms with Crippen molar-refractivity contribution in [3.63, 3.8) is 0 Å². The zero-order chi connectivity index (χ0) is 10.1. The molecule has 0 aliphatic carbocycles. The molecule has 2 aromatic rings. The molecule has 0 bridgehead atoms. The third kappa shape index (κ3) is 2.23. The largest absolute Gasteiger partial charge is 1.00 e. The Kier molecular flexibility index (Phi) is 3.57. The Morgan fingerprint density at radius 1 is 1.33 bits per heavy atom. The number of hydrogen-bond donors (Lipinski definition) is 0. The van der Waals surface area contributed by atoms with E-state index >= 15 is 0 Å². The predicted molar refractivity (Wildman–Crippen MR) is 51.8 cm³/mol. The topological polar surface area (TPSA) is 47.0 Å². The molecule has 0 aliphatic heterocycles. The van der Waals surface area contributed by atoms with Crippen molar-refractivity contribution < 1.29 is 33.5 Å². The van der Waals surface area contributed by atoms with Gasteiger partial charge >= 0.3 is 0 Å². The van der Waals surface area contributed by atoms with E-state index in [1.807, 2.05) is 29.9 Å². The zero-order valence-electron chi connectivity index (χ0n) is 8.05. The van der Waals surface area contributed by atoms with Gasteiger partial charge in [-0.25, -0.2) is 4.57 Å². The lowest BCUT2D eigenvalue weighted by Gasteiger charge is -1.95. The number of nitro groups is 1. The van der Waals surface area contributed by atoms with Gasteiger partial charge in [-0.15, -0.1) is 0 Å². The lowest BCUT2D eigenvalue weighted by molar-refractivity contribution is -0.644. The second kappa shape index (κ2) is 4.52. The average Bonchev–Trinajstić information content (AvgIpc) is 2.17. The quantitative estimate of drug-likeness (QED) is 0.281. The van der Waals surface area contributed by atoms with Crippen molar-refractivity contribution in [1.29, 1.82) is 0 Å². The minimum absolute atomic E-state index is 0. The van der Waals surface area contributed by atoms with Crippen LogP contribution in [0.5, 0.6) is 0 Å². The smallest absolute Gasteiger partial charge is 0.270 e. The molecule has 78 valence electrons. The first-order valence-electron chi connectivity index (χ1n) is 4.21. The lowest BCUT2D eigenvalue weighted by Crippen LogP contribution is -3.00. The number of fused-ring (bicyclic) bond motifs is 1. The van der Waals surface area contributed by atoms with Crippen molar-refractivity contribution in [3.05, 3.63) is 46.6 Å². The van der Waals surface area contributed by atoms with Crippen LogP contribution in [0, 0.1) is 10.1 Å². The van der Waals surface area contributed by atoms with Crippen LogP contribution in [0.25, 0.3) is 10.9 Å². The molecule has 0 saturated heterocycles. The van der Waals surface area contributed by atoms with E-state index in [2.05, 4.69) is 0 Å². The van der Waals surface area contributed by atoms with Crippen molar-refractivity contribution in [2.45, 2.75) is 0 Å². The fourth-order valence-electron chi connectivity index (χ4n) is 1.47. The number of pyridine rings is 1. The Morgan fingerprint density at radius 3 is 2.73 bits per heavy atom. The zero-order valence-corrected chi connectivity index (χ0v) is 10.2. The van der Waals surface area contributed by atoms with Crippen LogP contribution in [0.2, 0.25) is 0 Å². The maximum absolute atomic E-state index is 10.5. The first-order chi connectivity index (χ1) is 6.68. The summed E-state index contributed by atoms with van der Waals surface area (Å²) in [6, 6.07) is 8.58. The Balaban J connectivity index is 0.00000112. The molecule has 0 N–H and O–H groups in total. The fraction of sp³-hybridized carbons (Fsp3) is 0.100. The minimum Gasteiger partial charge on any atom is -1.00 e. The fourth-order valence-corrected chi connectivity index (χ4v) is 1.47. The van der Waals surface area contributed by atoms with E-state index in [9.17, 15) is 10.1 Å². The summed E-state index contributed by atoms with van der Waals surface area (Å²) in [5.74, 6) is 0. The molecule has 0 fully saturated rings. The molecule has 1 heterocycles. The molecule has 0 radical (unpaired) electrons.